The summed E-state index contributed by atoms with van der Waals surface area (Å²) in [5.74, 6) is -0.385. The van der Waals surface area contributed by atoms with E-state index in [1.54, 1.807) is 13.3 Å². The molecule has 0 unspecified atom stereocenters. The normalized spacial score (nSPS) is 11.4. The number of amides is 1. The lowest BCUT2D eigenvalue weighted by Gasteiger charge is -2.01. The number of imidazole rings is 1. The van der Waals surface area contributed by atoms with E-state index in [4.69, 9.17) is 0 Å². The van der Waals surface area contributed by atoms with Gasteiger partial charge in [0.1, 0.15) is 0 Å². The maximum Gasteiger partial charge on any atom is 0.333 e. The van der Waals surface area contributed by atoms with Crippen molar-refractivity contribution in [2.24, 2.45) is 19.2 Å². The minimum atomic E-state index is -0.468. The molecular formula is C14H15N6O3S+. The smallest absolute Gasteiger partial charge is 0.269 e. The van der Waals surface area contributed by atoms with Gasteiger partial charge in [0.05, 0.1) is 6.21 Å². The standard InChI is InChI=1S/C14H14N6O3S/c1-18-12-11(13(22)19(2)14(18)23)20(8-15-12)7-10(21)17-16-6-9-4-3-5-24-9/h3-6,8H,7H2,1-2H3,(H,17,21)/p+1. The summed E-state index contributed by atoms with van der Waals surface area (Å²) in [6, 6.07) is 3.76. The summed E-state index contributed by atoms with van der Waals surface area (Å²) in [6.45, 7) is -0.102. The Bertz CT molecular complexity index is 1040. The van der Waals surface area contributed by atoms with Crippen molar-refractivity contribution in [3.63, 3.8) is 0 Å². The fourth-order valence-electron chi connectivity index (χ4n) is 2.30. The van der Waals surface area contributed by atoms with Crippen molar-refractivity contribution in [1.82, 2.24) is 19.5 Å². The van der Waals surface area contributed by atoms with Gasteiger partial charge >= 0.3 is 11.2 Å². The van der Waals surface area contributed by atoms with Gasteiger partial charge in [0.25, 0.3) is 17.1 Å². The van der Waals surface area contributed by atoms with E-state index in [2.05, 4.69) is 15.5 Å². The van der Waals surface area contributed by atoms with E-state index in [0.717, 1.165) is 9.44 Å². The monoisotopic (exact) mass is 347 g/mol. The summed E-state index contributed by atoms with van der Waals surface area (Å²) in [5.41, 5.74) is 2.11. The Morgan fingerprint density at radius 2 is 2.21 bits per heavy atom. The summed E-state index contributed by atoms with van der Waals surface area (Å²) in [4.78, 5) is 39.9. The topological polar surface area (TPSA) is 105 Å². The summed E-state index contributed by atoms with van der Waals surface area (Å²) in [6.07, 6.45) is 3.03. The zero-order valence-corrected chi connectivity index (χ0v) is 13.8. The highest BCUT2D eigenvalue weighted by Gasteiger charge is 2.21. The molecule has 0 bridgehead atoms. The largest absolute Gasteiger partial charge is 0.333 e. The number of nitrogens with zero attached hydrogens (tertiary/aromatic N) is 4. The average molecular weight is 347 g/mol. The number of rotatable bonds is 4. The Labute approximate surface area is 139 Å². The lowest BCUT2D eigenvalue weighted by molar-refractivity contribution is -0.659. The molecule has 9 nitrogen and oxygen atoms in total. The van der Waals surface area contributed by atoms with Gasteiger partial charge in [0.2, 0.25) is 6.33 Å². The summed E-state index contributed by atoms with van der Waals surface area (Å²) < 4.78 is 3.77. The Balaban J connectivity index is 1.84. The minimum Gasteiger partial charge on any atom is -0.269 e. The number of fused-ring (bicyclic) bond motifs is 1. The number of hydrogen-bond donors (Lipinski definition) is 2. The van der Waals surface area contributed by atoms with Crippen LogP contribution in [-0.4, -0.2) is 26.2 Å². The Kier molecular flexibility index (Phi) is 4.13. The van der Waals surface area contributed by atoms with Crippen LogP contribution in [0, 0.1) is 0 Å². The zero-order chi connectivity index (χ0) is 17.3. The molecule has 0 saturated carbocycles. The van der Waals surface area contributed by atoms with Crippen LogP contribution in [0.3, 0.4) is 0 Å². The van der Waals surface area contributed by atoms with E-state index in [9.17, 15) is 14.4 Å². The first kappa shape index (κ1) is 15.9. The molecule has 0 aliphatic rings. The number of H-pyrrole nitrogens is 1. The van der Waals surface area contributed by atoms with E-state index in [0.29, 0.717) is 5.65 Å². The molecule has 0 aliphatic carbocycles. The Hall–Kier alpha value is -3.01. The molecule has 0 spiro atoms. The van der Waals surface area contributed by atoms with Gasteiger partial charge in [0.15, 0.2) is 6.54 Å². The van der Waals surface area contributed by atoms with Gasteiger partial charge < -0.3 is 0 Å². The highest BCUT2D eigenvalue weighted by Crippen LogP contribution is 2.04. The van der Waals surface area contributed by atoms with Crippen molar-refractivity contribution < 1.29 is 9.36 Å². The van der Waals surface area contributed by atoms with Crippen LogP contribution in [0.1, 0.15) is 4.88 Å². The maximum absolute atomic E-state index is 12.3. The molecule has 1 amide bonds. The number of aryl methyl sites for hydroxylation is 1. The van der Waals surface area contributed by atoms with Gasteiger partial charge in [-0.3, -0.25) is 18.7 Å². The predicted octanol–water partition coefficient (Wildman–Crippen LogP) is -0.935. The molecule has 0 aromatic carbocycles. The van der Waals surface area contributed by atoms with E-state index in [1.807, 2.05) is 17.5 Å². The molecule has 24 heavy (non-hydrogen) atoms. The number of nitrogens with one attached hydrogen (secondary N) is 2. The van der Waals surface area contributed by atoms with Crippen LogP contribution in [0.4, 0.5) is 0 Å². The highest BCUT2D eigenvalue weighted by molar-refractivity contribution is 7.11. The first-order chi connectivity index (χ1) is 11.5. The number of thiophene rings is 1. The van der Waals surface area contributed by atoms with Crippen LogP contribution < -0.4 is 21.2 Å². The van der Waals surface area contributed by atoms with Crippen molar-refractivity contribution >= 4 is 34.6 Å². The molecule has 2 N–H and O–H groups in total. The molecule has 3 heterocycles. The molecule has 0 fully saturated rings. The summed E-state index contributed by atoms with van der Waals surface area (Å²) in [7, 11) is 2.95. The van der Waals surface area contributed by atoms with Crippen LogP contribution in [-0.2, 0) is 25.4 Å². The van der Waals surface area contributed by atoms with Crippen LogP contribution in [0.15, 0.2) is 38.5 Å². The molecule has 3 aromatic heterocycles. The van der Waals surface area contributed by atoms with Crippen molar-refractivity contribution in [2.45, 2.75) is 6.54 Å². The number of carbonyl (C=O) groups is 1. The van der Waals surface area contributed by atoms with Crippen molar-refractivity contribution in [3.05, 3.63) is 49.6 Å². The van der Waals surface area contributed by atoms with Gasteiger partial charge in [-0.1, -0.05) is 6.07 Å². The Morgan fingerprint density at radius 1 is 1.42 bits per heavy atom. The van der Waals surface area contributed by atoms with E-state index in [1.165, 1.54) is 33.8 Å². The molecule has 3 aromatic rings. The highest BCUT2D eigenvalue weighted by atomic mass is 32.1. The second-order valence-corrected chi connectivity index (χ2v) is 6.09. The lowest BCUT2D eigenvalue weighted by Crippen LogP contribution is -2.46. The third kappa shape index (κ3) is 2.78. The van der Waals surface area contributed by atoms with E-state index >= 15 is 0 Å². The zero-order valence-electron chi connectivity index (χ0n) is 13.0. The fraction of sp³-hybridized carbons (Fsp3) is 0.214. The van der Waals surface area contributed by atoms with Gasteiger partial charge in [-0.05, 0) is 11.4 Å². The SMILES string of the molecule is Cn1c(=O)c2c([nH]c[n+]2CC(=O)NN=Cc2cccs2)n(C)c1=O. The van der Waals surface area contributed by atoms with Crippen molar-refractivity contribution in [1.29, 1.82) is 0 Å². The first-order valence-corrected chi connectivity index (χ1v) is 7.89. The minimum absolute atomic E-state index is 0.102. The predicted molar refractivity (Wildman–Crippen MR) is 89.0 cm³/mol. The first-order valence-electron chi connectivity index (χ1n) is 7.01. The number of aromatic nitrogens is 4. The molecule has 0 radical (unpaired) electrons. The van der Waals surface area contributed by atoms with E-state index in [-0.39, 0.29) is 18.0 Å². The van der Waals surface area contributed by atoms with Crippen molar-refractivity contribution in [2.75, 3.05) is 0 Å². The lowest BCUT2D eigenvalue weighted by atomic mass is 10.4. The van der Waals surface area contributed by atoms with Gasteiger partial charge in [-0.15, -0.1) is 11.3 Å². The van der Waals surface area contributed by atoms with Gasteiger partial charge in [0, 0.05) is 19.0 Å². The maximum atomic E-state index is 12.3. The van der Waals surface area contributed by atoms with Crippen LogP contribution in [0.5, 0.6) is 0 Å². The van der Waals surface area contributed by atoms with Gasteiger partial charge in [-0.25, -0.2) is 19.8 Å². The third-order valence-electron chi connectivity index (χ3n) is 3.52. The molecule has 10 heteroatoms. The number of hydrogen-bond acceptors (Lipinski definition) is 5. The number of aromatic amines is 1. The molecular weight excluding hydrogens is 332 g/mol. The van der Waals surface area contributed by atoms with Crippen molar-refractivity contribution in [3.8, 4) is 0 Å². The number of carbonyl (C=O) groups excluding carboxylic acids is 1. The summed E-state index contributed by atoms with van der Waals surface area (Å²) >= 11 is 1.50. The van der Waals surface area contributed by atoms with Gasteiger partial charge in [-0.2, -0.15) is 5.10 Å². The van der Waals surface area contributed by atoms with Crippen LogP contribution in [0.2, 0.25) is 0 Å². The quantitative estimate of drug-likeness (QED) is 0.362. The summed E-state index contributed by atoms with van der Waals surface area (Å²) in [5, 5.41) is 5.78. The Morgan fingerprint density at radius 3 is 2.92 bits per heavy atom. The molecule has 124 valence electrons. The number of hydrazone groups is 1. The second-order valence-electron chi connectivity index (χ2n) is 5.11. The average Bonchev–Trinajstić information content (AvgIpc) is 3.21. The molecule has 3 rings (SSSR count). The fourth-order valence-corrected chi connectivity index (χ4v) is 2.89. The molecule has 0 saturated heterocycles. The molecule has 0 atom stereocenters. The second kappa shape index (κ2) is 6.24. The van der Waals surface area contributed by atoms with Crippen LogP contribution >= 0.6 is 11.3 Å². The molecule has 0 aliphatic heterocycles. The van der Waals surface area contributed by atoms with Crippen LogP contribution in [0.25, 0.3) is 11.2 Å². The van der Waals surface area contributed by atoms with E-state index < -0.39 is 11.2 Å². The third-order valence-corrected chi connectivity index (χ3v) is 4.33.